The third-order valence-corrected chi connectivity index (χ3v) is 7.24. The van der Waals surface area contributed by atoms with Gasteiger partial charge in [-0.25, -0.2) is 12.7 Å². The normalized spacial score (nSPS) is 20.7. The Labute approximate surface area is 154 Å². The zero-order valence-corrected chi connectivity index (χ0v) is 15.9. The van der Waals surface area contributed by atoms with Gasteiger partial charge in [-0.1, -0.05) is 36.6 Å². The summed E-state index contributed by atoms with van der Waals surface area (Å²) in [5, 5.41) is 3.66. The predicted molar refractivity (Wildman–Crippen MR) is 98.8 cm³/mol. The van der Waals surface area contributed by atoms with Gasteiger partial charge in [-0.15, -0.1) is 0 Å². The summed E-state index contributed by atoms with van der Waals surface area (Å²) in [5.41, 5.74) is 0.689. The molecule has 3 rings (SSSR count). The van der Waals surface area contributed by atoms with E-state index in [-0.39, 0.29) is 17.6 Å². The van der Waals surface area contributed by atoms with Crippen LogP contribution in [0, 0.1) is 5.92 Å². The molecule has 0 atom stereocenters. The number of benzene rings is 1. The zero-order valence-electron chi connectivity index (χ0n) is 14.3. The highest BCUT2D eigenvalue weighted by molar-refractivity contribution is 7.88. The average molecular weight is 385 g/mol. The van der Waals surface area contributed by atoms with Crippen LogP contribution in [0.3, 0.4) is 0 Å². The number of halogens is 1. The van der Waals surface area contributed by atoms with Gasteiger partial charge in [-0.3, -0.25) is 4.79 Å². The highest BCUT2D eigenvalue weighted by atomic mass is 35.5. The maximum atomic E-state index is 12.6. The molecule has 7 heteroatoms. The van der Waals surface area contributed by atoms with Gasteiger partial charge in [0.05, 0.1) is 5.75 Å². The molecule has 0 bridgehead atoms. The summed E-state index contributed by atoms with van der Waals surface area (Å²) in [6.45, 7) is 0.817. The van der Waals surface area contributed by atoms with Gasteiger partial charge < -0.3 is 5.32 Å². The molecule has 2 fully saturated rings. The molecule has 0 aromatic heterocycles. The van der Waals surface area contributed by atoms with E-state index in [2.05, 4.69) is 5.32 Å². The van der Waals surface area contributed by atoms with Crippen molar-refractivity contribution in [1.82, 2.24) is 9.62 Å². The molecule has 1 amide bonds. The maximum absolute atomic E-state index is 12.6. The zero-order chi connectivity index (χ0) is 17.9. The lowest BCUT2D eigenvalue weighted by molar-refractivity contribution is -0.126. The quantitative estimate of drug-likeness (QED) is 0.848. The number of hydrogen-bond acceptors (Lipinski definition) is 3. The number of piperidine rings is 1. The van der Waals surface area contributed by atoms with E-state index >= 15 is 0 Å². The van der Waals surface area contributed by atoms with Crippen LogP contribution in [0.2, 0.25) is 5.02 Å². The molecule has 1 N–H and O–H groups in total. The number of amides is 1. The van der Waals surface area contributed by atoms with Crippen molar-refractivity contribution in [3.63, 3.8) is 0 Å². The first-order valence-electron chi connectivity index (χ1n) is 8.97. The second-order valence-corrected chi connectivity index (χ2v) is 9.45. The van der Waals surface area contributed by atoms with Crippen LogP contribution < -0.4 is 5.32 Å². The standard InChI is InChI=1S/C18H25ClN2O3S/c19-16-5-3-4-14(12-16)13-25(23,24)21-10-8-15(9-11-21)18(22)20-17-6-1-2-7-17/h3-5,12,15,17H,1-2,6-11,13H2,(H,20,22). The number of carbonyl (C=O) groups is 1. The first kappa shape index (κ1) is 18.7. The van der Waals surface area contributed by atoms with Crippen LogP contribution in [0.25, 0.3) is 0 Å². The summed E-state index contributed by atoms with van der Waals surface area (Å²) in [6.07, 6.45) is 5.69. The molecule has 5 nitrogen and oxygen atoms in total. The number of hydrogen-bond donors (Lipinski definition) is 1. The molecule has 1 aromatic carbocycles. The Kier molecular flexibility index (Phi) is 6.02. The molecule has 1 saturated heterocycles. The maximum Gasteiger partial charge on any atom is 0.223 e. The van der Waals surface area contributed by atoms with Crippen molar-refractivity contribution in [2.75, 3.05) is 13.1 Å². The van der Waals surface area contributed by atoms with Crippen LogP contribution >= 0.6 is 11.6 Å². The minimum atomic E-state index is -3.38. The molecular formula is C18H25ClN2O3S. The van der Waals surface area contributed by atoms with E-state index in [9.17, 15) is 13.2 Å². The van der Waals surface area contributed by atoms with Crippen molar-refractivity contribution in [2.24, 2.45) is 5.92 Å². The summed E-state index contributed by atoms with van der Waals surface area (Å²) in [5.74, 6) is -0.0241. The van der Waals surface area contributed by atoms with E-state index in [4.69, 9.17) is 11.6 Å². The second kappa shape index (κ2) is 8.06. The number of rotatable bonds is 5. The summed E-state index contributed by atoms with van der Waals surface area (Å²) >= 11 is 5.93. The van der Waals surface area contributed by atoms with Crippen molar-refractivity contribution >= 4 is 27.5 Å². The van der Waals surface area contributed by atoms with Crippen molar-refractivity contribution < 1.29 is 13.2 Å². The van der Waals surface area contributed by atoms with E-state index in [1.54, 1.807) is 24.3 Å². The topological polar surface area (TPSA) is 66.5 Å². The van der Waals surface area contributed by atoms with Crippen molar-refractivity contribution in [2.45, 2.75) is 50.3 Å². The fraction of sp³-hybridized carbons (Fsp3) is 0.611. The fourth-order valence-electron chi connectivity index (χ4n) is 3.71. The molecule has 1 aliphatic heterocycles. The van der Waals surface area contributed by atoms with Gasteiger partial charge in [0.2, 0.25) is 15.9 Å². The summed E-state index contributed by atoms with van der Waals surface area (Å²) < 4.78 is 26.7. The number of carbonyl (C=O) groups excluding carboxylic acids is 1. The van der Waals surface area contributed by atoms with Crippen LogP contribution in [-0.4, -0.2) is 37.8 Å². The lowest BCUT2D eigenvalue weighted by atomic mass is 9.97. The largest absolute Gasteiger partial charge is 0.353 e. The lowest BCUT2D eigenvalue weighted by Crippen LogP contribution is -2.45. The number of sulfonamides is 1. The van der Waals surface area contributed by atoms with Crippen molar-refractivity contribution in [3.05, 3.63) is 34.9 Å². The molecule has 1 aromatic rings. The Hall–Kier alpha value is -1.11. The molecule has 0 spiro atoms. The monoisotopic (exact) mass is 384 g/mol. The van der Waals surface area contributed by atoms with Crippen LogP contribution in [0.1, 0.15) is 44.1 Å². The molecule has 1 saturated carbocycles. The van der Waals surface area contributed by atoms with Gasteiger partial charge in [0, 0.05) is 30.1 Å². The van der Waals surface area contributed by atoms with E-state index in [0.717, 1.165) is 12.8 Å². The Morgan fingerprint density at radius 1 is 1.16 bits per heavy atom. The minimum Gasteiger partial charge on any atom is -0.353 e. The van der Waals surface area contributed by atoms with Crippen LogP contribution in [-0.2, 0) is 20.6 Å². The summed E-state index contributed by atoms with van der Waals surface area (Å²) in [7, 11) is -3.38. The summed E-state index contributed by atoms with van der Waals surface area (Å²) in [6, 6.07) is 7.25. The molecule has 1 aliphatic carbocycles. The first-order valence-corrected chi connectivity index (χ1v) is 11.0. The molecule has 0 unspecified atom stereocenters. The highest BCUT2D eigenvalue weighted by Gasteiger charge is 2.32. The third-order valence-electron chi connectivity index (χ3n) is 5.16. The minimum absolute atomic E-state index is 0.0491. The molecule has 0 radical (unpaired) electrons. The molecule has 2 aliphatic rings. The molecule has 138 valence electrons. The van der Waals surface area contributed by atoms with Gasteiger partial charge >= 0.3 is 0 Å². The Morgan fingerprint density at radius 3 is 2.48 bits per heavy atom. The fourth-order valence-corrected chi connectivity index (χ4v) is 5.48. The molecular weight excluding hydrogens is 360 g/mol. The smallest absolute Gasteiger partial charge is 0.223 e. The van der Waals surface area contributed by atoms with Gasteiger partial charge in [-0.2, -0.15) is 0 Å². The number of nitrogens with one attached hydrogen (secondary N) is 1. The van der Waals surface area contributed by atoms with Gasteiger partial charge in [0.1, 0.15) is 0 Å². The Bertz CT molecular complexity index is 709. The Balaban J connectivity index is 1.53. The van der Waals surface area contributed by atoms with Gasteiger partial charge in [-0.05, 0) is 43.4 Å². The highest BCUT2D eigenvalue weighted by Crippen LogP contribution is 2.24. The van der Waals surface area contributed by atoms with Gasteiger partial charge in [0.15, 0.2) is 0 Å². The van der Waals surface area contributed by atoms with E-state index in [1.165, 1.54) is 17.1 Å². The van der Waals surface area contributed by atoms with Crippen LogP contribution in [0.4, 0.5) is 0 Å². The van der Waals surface area contributed by atoms with E-state index < -0.39 is 10.0 Å². The van der Waals surface area contributed by atoms with E-state index in [0.29, 0.717) is 42.6 Å². The number of nitrogens with zero attached hydrogens (tertiary/aromatic N) is 1. The molecule has 25 heavy (non-hydrogen) atoms. The van der Waals surface area contributed by atoms with Crippen molar-refractivity contribution in [3.8, 4) is 0 Å². The first-order chi connectivity index (χ1) is 11.9. The summed E-state index contributed by atoms with van der Waals surface area (Å²) in [4.78, 5) is 12.3. The van der Waals surface area contributed by atoms with E-state index in [1.807, 2.05) is 0 Å². The lowest BCUT2D eigenvalue weighted by Gasteiger charge is -2.31. The second-order valence-electron chi connectivity index (χ2n) is 7.05. The SMILES string of the molecule is O=C(NC1CCCC1)C1CCN(S(=O)(=O)Cc2cccc(Cl)c2)CC1. The molecule has 1 heterocycles. The van der Waals surface area contributed by atoms with Crippen molar-refractivity contribution in [1.29, 1.82) is 0 Å². The Morgan fingerprint density at radius 2 is 1.84 bits per heavy atom. The third kappa shape index (κ3) is 4.96. The predicted octanol–water partition coefficient (Wildman–Crippen LogP) is 2.94. The van der Waals surface area contributed by atoms with Crippen LogP contribution in [0.15, 0.2) is 24.3 Å². The van der Waals surface area contributed by atoms with Crippen LogP contribution in [0.5, 0.6) is 0 Å². The average Bonchev–Trinajstić information content (AvgIpc) is 3.07. The van der Waals surface area contributed by atoms with Gasteiger partial charge in [0.25, 0.3) is 0 Å².